The van der Waals surface area contributed by atoms with Crippen LogP contribution in [0, 0.1) is 29.1 Å². The van der Waals surface area contributed by atoms with Gasteiger partial charge in [0.1, 0.15) is 0 Å². The SMILES string of the molecule is CC1CCC(N(C2CCCCC2)C2CCC(C(C)(C)C3CCC(N(C4CCCCC4)C4CCC(C)CC4)CC3)CC2)CC1. The van der Waals surface area contributed by atoms with Gasteiger partial charge in [0.15, 0.2) is 0 Å². The molecule has 6 fully saturated rings. The monoisotopic (exact) mass is 595 g/mol. The minimum Gasteiger partial charge on any atom is -0.294 e. The molecule has 0 radical (unpaired) electrons. The van der Waals surface area contributed by atoms with E-state index in [1.54, 1.807) is 0 Å². The number of hydrogen-bond donors (Lipinski definition) is 0. The maximum Gasteiger partial charge on any atom is 0.0101 e. The molecule has 0 unspecified atom stereocenters. The lowest BCUT2D eigenvalue weighted by atomic mass is 9.60. The summed E-state index contributed by atoms with van der Waals surface area (Å²) >= 11 is 0. The molecular weight excluding hydrogens is 520 g/mol. The topological polar surface area (TPSA) is 6.48 Å². The molecule has 248 valence electrons. The predicted octanol–water partition coefficient (Wildman–Crippen LogP) is 11.6. The highest BCUT2D eigenvalue weighted by molar-refractivity contribution is 4.98. The van der Waals surface area contributed by atoms with Gasteiger partial charge in [-0.15, -0.1) is 0 Å². The summed E-state index contributed by atoms with van der Waals surface area (Å²) < 4.78 is 0. The van der Waals surface area contributed by atoms with Gasteiger partial charge in [0.25, 0.3) is 0 Å². The first-order valence-electron chi connectivity index (χ1n) is 20.4. The normalized spacial score (nSPS) is 39.8. The highest BCUT2D eigenvalue weighted by Crippen LogP contribution is 2.51. The van der Waals surface area contributed by atoms with E-state index in [9.17, 15) is 0 Å². The molecule has 0 saturated heterocycles. The van der Waals surface area contributed by atoms with E-state index in [2.05, 4.69) is 37.5 Å². The zero-order valence-corrected chi connectivity index (χ0v) is 29.6. The van der Waals surface area contributed by atoms with E-state index in [1.807, 2.05) is 0 Å². The fourth-order valence-electron chi connectivity index (χ4n) is 12.2. The van der Waals surface area contributed by atoms with Crippen LogP contribution in [0.2, 0.25) is 0 Å². The predicted molar refractivity (Wildman–Crippen MR) is 186 cm³/mol. The van der Waals surface area contributed by atoms with Gasteiger partial charge in [-0.1, -0.05) is 66.2 Å². The minimum atomic E-state index is 0.530. The summed E-state index contributed by atoms with van der Waals surface area (Å²) in [6.45, 7) is 10.5. The van der Waals surface area contributed by atoms with Crippen molar-refractivity contribution in [1.82, 2.24) is 9.80 Å². The van der Waals surface area contributed by atoms with E-state index < -0.39 is 0 Å². The van der Waals surface area contributed by atoms with E-state index in [-0.39, 0.29) is 0 Å². The Morgan fingerprint density at radius 3 is 0.884 bits per heavy atom. The van der Waals surface area contributed by atoms with Crippen molar-refractivity contribution >= 4 is 0 Å². The van der Waals surface area contributed by atoms with Gasteiger partial charge >= 0.3 is 0 Å². The quantitative estimate of drug-likeness (QED) is 0.276. The third-order valence-electron chi connectivity index (χ3n) is 15.1. The average Bonchev–Trinajstić information content (AvgIpc) is 3.05. The Hall–Kier alpha value is -0.0800. The molecule has 6 rings (SSSR count). The van der Waals surface area contributed by atoms with Crippen LogP contribution in [0.5, 0.6) is 0 Å². The molecule has 0 aliphatic heterocycles. The van der Waals surface area contributed by atoms with Crippen LogP contribution in [0.25, 0.3) is 0 Å². The van der Waals surface area contributed by atoms with Crippen LogP contribution in [-0.4, -0.2) is 46.1 Å². The van der Waals surface area contributed by atoms with Crippen LogP contribution in [-0.2, 0) is 0 Å². The molecule has 43 heavy (non-hydrogen) atoms. The van der Waals surface area contributed by atoms with Crippen molar-refractivity contribution in [2.75, 3.05) is 0 Å². The summed E-state index contributed by atoms with van der Waals surface area (Å²) in [7, 11) is 0. The molecule has 0 spiro atoms. The Morgan fingerprint density at radius 1 is 0.326 bits per heavy atom. The van der Waals surface area contributed by atoms with Gasteiger partial charge < -0.3 is 0 Å². The third-order valence-corrected chi connectivity index (χ3v) is 15.1. The maximum absolute atomic E-state index is 3.20. The van der Waals surface area contributed by atoms with E-state index in [1.165, 1.54) is 167 Å². The Labute approximate surface area is 269 Å². The Kier molecular flexibility index (Phi) is 11.6. The highest BCUT2D eigenvalue weighted by atomic mass is 15.2. The molecule has 0 aromatic heterocycles. The van der Waals surface area contributed by atoms with Crippen molar-refractivity contribution in [1.29, 1.82) is 0 Å². The number of nitrogens with zero attached hydrogens (tertiary/aromatic N) is 2. The summed E-state index contributed by atoms with van der Waals surface area (Å²) in [5, 5.41) is 0. The van der Waals surface area contributed by atoms with Crippen LogP contribution in [0.3, 0.4) is 0 Å². The van der Waals surface area contributed by atoms with Gasteiger partial charge in [-0.2, -0.15) is 0 Å². The second kappa shape index (κ2) is 15.2. The molecule has 2 heteroatoms. The Bertz CT molecular complexity index is 726. The van der Waals surface area contributed by atoms with Crippen molar-refractivity contribution in [2.24, 2.45) is 29.1 Å². The van der Waals surface area contributed by atoms with E-state index in [0.29, 0.717) is 5.41 Å². The minimum absolute atomic E-state index is 0.530. The van der Waals surface area contributed by atoms with E-state index in [0.717, 1.165) is 59.9 Å². The number of hydrogen-bond acceptors (Lipinski definition) is 2. The zero-order valence-electron chi connectivity index (χ0n) is 29.6. The van der Waals surface area contributed by atoms with Crippen LogP contribution in [0.1, 0.15) is 195 Å². The summed E-state index contributed by atoms with van der Waals surface area (Å²) in [6, 6.07) is 5.43. The van der Waals surface area contributed by atoms with Crippen molar-refractivity contribution in [3.8, 4) is 0 Å². The zero-order chi connectivity index (χ0) is 29.8. The highest BCUT2D eigenvalue weighted by Gasteiger charge is 2.45. The molecule has 0 amide bonds. The first-order valence-corrected chi connectivity index (χ1v) is 20.4. The Morgan fingerprint density at radius 2 is 0.581 bits per heavy atom. The average molecular weight is 595 g/mol. The van der Waals surface area contributed by atoms with Gasteiger partial charge in [0.2, 0.25) is 0 Å². The number of rotatable bonds is 8. The van der Waals surface area contributed by atoms with E-state index in [4.69, 9.17) is 0 Å². The Balaban J connectivity index is 1.05. The van der Waals surface area contributed by atoms with Gasteiger partial charge in [-0.3, -0.25) is 9.80 Å². The van der Waals surface area contributed by atoms with Gasteiger partial charge in [0.05, 0.1) is 0 Å². The van der Waals surface area contributed by atoms with Crippen LogP contribution >= 0.6 is 0 Å². The fourth-order valence-corrected chi connectivity index (χ4v) is 12.2. The molecule has 0 bridgehead atoms. The first kappa shape index (κ1) is 32.8. The molecule has 0 N–H and O–H groups in total. The lowest BCUT2D eigenvalue weighted by Crippen LogP contribution is -2.53. The van der Waals surface area contributed by atoms with Gasteiger partial charge in [-0.05, 0) is 158 Å². The van der Waals surface area contributed by atoms with Crippen molar-refractivity contribution in [3.63, 3.8) is 0 Å². The van der Waals surface area contributed by atoms with Gasteiger partial charge in [-0.25, -0.2) is 0 Å². The van der Waals surface area contributed by atoms with Crippen LogP contribution in [0.4, 0.5) is 0 Å². The largest absolute Gasteiger partial charge is 0.294 e. The lowest BCUT2D eigenvalue weighted by molar-refractivity contribution is -0.0282. The fraction of sp³-hybridized carbons (Fsp3) is 1.00. The molecule has 6 aliphatic carbocycles. The van der Waals surface area contributed by atoms with Crippen molar-refractivity contribution in [3.05, 3.63) is 0 Å². The molecule has 6 aliphatic rings. The maximum atomic E-state index is 3.20. The third kappa shape index (κ3) is 7.91. The standard InChI is InChI=1S/C41H74N2/c1-31-15-23-37(24-16-31)42(35-11-7-5-8-12-35)39-27-19-33(20-28-39)41(3,4)34-21-29-40(30-22-34)43(36-13-9-6-10-14-36)38-25-17-32(2)18-26-38/h31-40H,5-30H2,1-4H3. The van der Waals surface area contributed by atoms with Crippen molar-refractivity contribution < 1.29 is 0 Å². The van der Waals surface area contributed by atoms with E-state index >= 15 is 0 Å². The summed E-state index contributed by atoms with van der Waals surface area (Å²) in [4.78, 5) is 6.40. The second-order valence-corrected chi connectivity index (χ2v) is 18.1. The second-order valence-electron chi connectivity index (χ2n) is 18.1. The first-order chi connectivity index (χ1) is 20.9. The molecular formula is C41H74N2. The smallest absolute Gasteiger partial charge is 0.0101 e. The molecule has 6 saturated carbocycles. The van der Waals surface area contributed by atoms with Crippen molar-refractivity contribution in [2.45, 2.75) is 231 Å². The molecule has 0 atom stereocenters. The molecule has 2 nitrogen and oxygen atoms in total. The molecule has 0 aromatic carbocycles. The summed E-state index contributed by atoms with van der Waals surface area (Å²) in [6.07, 6.45) is 38.9. The molecule has 0 heterocycles. The van der Waals surface area contributed by atoms with Gasteiger partial charge in [0, 0.05) is 36.3 Å². The summed E-state index contributed by atoms with van der Waals surface area (Å²) in [5.74, 6) is 3.85. The van der Waals surface area contributed by atoms with Crippen LogP contribution in [0.15, 0.2) is 0 Å². The van der Waals surface area contributed by atoms with Crippen LogP contribution < -0.4 is 0 Å². The lowest BCUT2D eigenvalue weighted by Gasteiger charge is -2.53. The summed E-state index contributed by atoms with van der Waals surface area (Å²) in [5.41, 5.74) is 0.530. The molecule has 0 aromatic rings.